The van der Waals surface area contributed by atoms with Crippen LogP contribution in [0.4, 0.5) is 10.5 Å². The summed E-state index contributed by atoms with van der Waals surface area (Å²) in [7, 11) is 0. The van der Waals surface area contributed by atoms with Crippen molar-refractivity contribution >= 4 is 34.7 Å². The Labute approximate surface area is 159 Å². The molecule has 1 aliphatic rings. The van der Waals surface area contributed by atoms with Gasteiger partial charge in [-0.1, -0.05) is 78.9 Å². The molecule has 0 fully saturated rings. The summed E-state index contributed by atoms with van der Waals surface area (Å²) < 4.78 is 5.30. The van der Waals surface area contributed by atoms with E-state index in [2.05, 4.69) is 42.5 Å². The molecule has 4 rings (SSSR count). The van der Waals surface area contributed by atoms with Crippen molar-refractivity contribution in [3.8, 4) is 0 Å². The Morgan fingerprint density at radius 2 is 1.81 bits per heavy atom. The molecule has 0 spiro atoms. The number of ether oxygens (including phenoxy) is 1. The molecule has 0 unspecified atom stereocenters. The lowest BCUT2D eigenvalue weighted by Gasteiger charge is -2.31. The van der Waals surface area contributed by atoms with Gasteiger partial charge < -0.3 is 4.74 Å². The lowest BCUT2D eigenvalue weighted by molar-refractivity contribution is 0.159. The lowest BCUT2D eigenvalue weighted by Crippen LogP contribution is -2.40. The van der Waals surface area contributed by atoms with Crippen LogP contribution in [0.1, 0.15) is 18.1 Å². The van der Waals surface area contributed by atoms with Crippen LogP contribution >= 0.6 is 0 Å². The maximum absolute atomic E-state index is 12.6. The third kappa shape index (κ3) is 3.49. The first-order valence-corrected chi connectivity index (χ1v) is 9.16. The molecule has 27 heavy (non-hydrogen) atoms. The number of carbonyl (C=O) groups excluding carboxylic acids is 1. The molecule has 0 radical (unpaired) electrons. The van der Waals surface area contributed by atoms with Crippen LogP contribution in [0.25, 0.3) is 22.9 Å². The topological polar surface area (TPSA) is 29.5 Å². The summed E-state index contributed by atoms with van der Waals surface area (Å²) in [5, 5.41) is 2.42. The van der Waals surface area contributed by atoms with E-state index in [-0.39, 0.29) is 12.1 Å². The van der Waals surface area contributed by atoms with E-state index >= 15 is 0 Å². The fraction of sp³-hybridized carbons (Fsp3) is 0.125. The van der Waals surface area contributed by atoms with Crippen LogP contribution in [-0.2, 0) is 4.74 Å². The summed E-state index contributed by atoms with van der Waals surface area (Å²) in [6.07, 6.45) is 7.84. The first kappa shape index (κ1) is 17.1. The van der Waals surface area contributed by atoms with E-state index < -0.39 is 0 Å². The zero-order valence-corrected chi connectivity index (χ0v) is 15.2. The van der Waals surface area contributed by atoms with Gasteiger partial charge in [-0.2, -0.15) is 0 Å². The van der Waals surface area contributed by atoms with Gasteiger partial charge in [0.1, 0.15) is 0 Å². The Bertz CT molecular complexity index is 1040. The van der Waals surface area contributed by atoms with Gasteiger partial charge in [0.25, 0.3) is 0 Å². The summed E-state index contributed by atoms with van der Waals surface area (Å²) in [5.74, 6) is 0. The van der Waals surface area contributed by atoms with E-state index in [9.17, 15) is 4.79 Å². The smallest absolute Gasteiger partial charge is 0.415 e. The number of hydrogen-bond acceptors (Lipinski definition) is 2. The first-order valence-electron chi connectivity index (χ1n) is 9.16. The Morgan fingerprint density at radius 1 is 1.04 bits per heavy atom. The van der Waals surface area contributed by atoms with Crippen molar-refractivity contribution in [3.05, 3.63) is 90.0 Å². The molecule has 3 aromatic carbocycles. The van der Waals surface area contributed by atoms with Gasteiger partial charge in [-0.15, -0.1) is 0 Å². The van der Waals surface area contributed by atoms with E-state index in [1.165, 1.54) is 10.8 Å². The van der Waals surface area contributed by atoms with Crippen molar-refractivity contribution < 1.29 is 9.53 Å². The number of rotatable bonds is 3. The molecule has 1 atom stereocenters. The largest absolute Gasteiger partial charge is 0.449 e. The SMILES string of the molecule is CCOC(=O)N1c2ccccc2C=C[C@@H]1/C=C/c1ccc2ccccc2c1. The second kappa shape index (κ2) is 7.50. The first-order chi connectivity index (χ1) is 13.3. The number of amides is 1. The number of benzene rings is 3. The summed E-state index contributed by atoms with van der Waals surface area (Å²) >= 11 is 0. The fourth-order valence-corrected chi connectivity index (χ4v) is 3.38. The van der Waals surface area contributed by atoms with Crippen LogP contribution in [0, 0.1) is 0 Å². The third-order valence-electron chi connectivity index (χ3n) is 4.69. The van der Waals surface area contributed by atoms with Crippen molar-refractivity contribution in [1.29, 1.82) is 0 Å². The zero-order valence-electron chi connectivity index (χ0n) is 15.2. The minimum absolute atomic E-state index is 0.189. The number of para-hydroxylation sites is 1. The maximum Gasteiger partial charge on any atom is 0.415 e. The highest BCUT2D eigenvalue weighted by Gasteiger charge is 2.27. The van der Waals surface area contributed by atoms with Crippen LogP contribution in [0.3, 0.4) is 0 Å². The number of anilines is 1. The zero-order chi connectivity index (χ0) is 18.6. The monoisotopic (exact) mass is 355 g/mol. The average molecular weight is 355 g/mol. The Balaban J connectivity index is 1.66. The van der Waals surface area contributed by atoms with Crippen molar-refractivity contribution in [2.45, 2.75) is 13.0 Å². The van der Waals surface area contributed by atoms with Crippen molar-refractivity contribution in [1.82, 2.24) is 0 Å². The van der Waals surface area contributed by atoms with Gasteiger partial charge in [0.15, 0.2) is 0 Å². The normalized spacial score (nSPS) is 15.9. The number of hydrogen-bond donors (Lipinski definition) is 0. The maximum atomic E-state index is 12.6. The van der Waals surface area contributed by atoms with E-state index in [1.54, 1.807) is 4.90 Å². The van der Waals surface area contributed by atoms with Crippen molar-refractivity contribution in [2.24, 2.45) is 0 Å². The van der Waals surface area contributed by atoms with Crippen LogP contribution in [0.5, 0.6) is 0 Å². The summed E-state index contributed by atoms with van der Waals surface area (Å²) in [6, 6.07) is 22.3. The molecule has 1 amide bonds. The molecule has 0 bridgehead atoms. The Hall–Kier alpha value is -3.33. The van der Waals surface area contributed by atoms with Crippen molar-refractivity contribution in [3.63, 3.8) is 0 Å². The molecular formula is C24H21NO2. The van der Waals surface area contributed by atoms with Crippen molar-refractivity contribution in [2.75, 3.05) is 11.5 Å². The highest BCUT2D eigenvalue weighted by atomic mass is 16.6. The van der Waals surface area contributed by atoms with Crippen LogP contribution in [0.15, 0.2) is 78.9 Å². The molecule has 0 aliphatic carbocycles. The second-order valence-electron chi connectivity index (χ2n) is 6.44. The molecule has 1 heterocycles. The molecule has 1 aliphatic heterocycles. The Morgan fingerprint density at radius 3 is 2.67 bits per heavy atom. The van der Waals surface area contributed by atoms with E-state index in [1.807, 2.05) is 55.5 Å². The molecule has 134 valence electrons. The number of nitrogens with zero attached hydrogens (tertiary/aromatic N) is 1. The predicted molar refractivity (Wildman–Crippen MR) is 112 cm³/mol. The van der Waals surface area contributed by atoms with Gasteiger partial charge in [-0.05, 0) is 41.0 Å². The molecule has 0 N–H and O–H groups in total. The van der Waals surface area contributed by atoms with Crippen LogP contribution < -0.4 is 4.90 Å². The van der Waals surface area contributed by atoms with Gasteiger partial charge in [0.05, 0.1) is 18.3 Å². The highest BCUT2D eigenvalue weighted by molar-refractivity contribution is 5.94. The molecule has 0 saturated heterocycles. The second-order valence-corrected chi connectivity index (χ2v) is 6.44. The average Bonchev–Trinajstić information content (AvgIpc) is 2.71. The van der Waals surface area contributed by atoms with Gasteiger partial charge in [0.2, 0.25) is 0 Å². The quantitative estimate of drug-likeness (QED) is 0.584. The molecule has 0 aromatic heterocycles. The van der Waals surface area contributed by atoms with Gasteiger partial charge in [-0.3, -0.25) is 4.90 Å². The molecule has 3 aromatic rings. The molecular weight excluding hydrogens is 334 g/mol. The summed E-state index contributed by atoms with van der Waals surface area (Å²) in [4.78, 5) is 14.3. The molecule has 3 heteroatoms. The summed E-state index contributed by atoms with van der Waals surface area (Å²) in [5.41, 5.74) is 2.98. The number of fused-ring (bicyclic) bond motifs is 2. The van der Waals surface area contributed by atoms with E-state index in [4.69, 9.17) is 4.74 Å². The van der Waals surface area contributed by atoms with E-state index in [0.29, 0.717) is 6.61 Å². The minimum atomic E-state index is -0.331. The number of carbonyl (C=O) groups is 1. The lowest BCUT2D eigenvalue weighted by atomic mass is 10.0. The Kier molecular flexibility index (Phi) is 4.75. The van der Waals surface area contributed by atoms with Gasteiger partial charge >= 0.3 is 6.09 Å². The van der Waals surface area contributed by atoms with E-state index in [0.717, 1.165) is 16.8 Å². The van der Waals surface area contributed by atoms with Crippen LogP contribution in [-0.4, -0.2) is 18.7 Å². The predicted octanol–water partition coefficient (Wildman–Crippen LogP) is 5.91. The standard InChI is InChI=1S/C24H21NO2/c1-2-27-24(26)25-22(16-14-20-8-5-6-10-23(20)25)15-12-18-11-13-19-7-3-4-9-21(19)17-18/h3-17,22H,2H2,1H3/b15-12+/t22-/m0/s1. The molecule has 3 nitrogen and oxygen atoms in total. The minimum Gasteiger partial charge on any atom is -0.449 e. The van der Waals surface area contributed by atoms with Crippen LogP contribution in [0.2, 0.25) is 0 Å². The molecule has 0 saturated carbocycles. The fourth-order valence-electron chi connectivity index (χ4n) is 3.38. The summed E-state index contributed by atoms with van der Waals surface area (Å²) in [6.45, 7) is 2.17. The third-order valence-corrected chi connectivity index (χ3v) is 4.69. The van der Waals surface area contributed by atoms with Gasteiger partial charge in [0, 0.05) is 0 Å². The van der Waals surface area contributed by atoms with Gasteiger partial charge in [-0.25, -0.2) is 4.79 Å². The highest BCUT2D eigenvalue weighted by Crippen LogP contribution is 2.30.